The Bertz CT molecular complexity index is 3220. The van der Waals surface area contributed by atoms with Crippen molar-refractivity contribution in [2.75, 3.05) is 49.8 Å². The van der Waals surface area contributed by atoms with Crippen LogP contribution in [0.15, 0.2) is 91.7 Å². The Morgan fingerprint density at radius 2 is 1.48 bits per heavy atom. The summed E-state index contributed by atoms with van der Waals surface area (Å²) in [4.78, 5) is 90.9. The summed E-state index contributed by atoms with van der Waals surface area (Å²) in [6.45, 7) is 26.8. The fraction of sp³-hybridized carbons (Fsp3) is 0.485. The number of nitrogens with one attached hydrogen (secondary N) is 1. The van der Waals surface area contributed by atoms with Gasteiger partial charge in [0.05, 0.1) is 67.5 Å². The van der Waals surface area contributed by atoms with Crippen LogP contribution in [0.1, 0.15) is 129 Å². The molecule has 448 valence electrons. The van der Waals surface area contributed by atoms with Gasteiger partial charge in [0.2, 0.25) is 5.91 Å². The third kappa shape index (κ3) is 12.9. The highest BCUT2D eigenvalue weighted by molar-refractivity contribution is 6.74. The number of aryl methyl sites for hydroxylation is 2. The van der Waals surface area contributed by atoms with Crippen LogP contribution >= 0.6 is 0 Å². The lowest BCUT2D eigenvalue weighted by atomic mass is 9.96. The summed E-state index contributed by atoms with van der Waals surface area (Å²) in [6, 6.07) is 20.8. The van der Waals surface area contributed by atoms with Crippen LogP contribution in [0.3, 0.4) is 0 Å². The summed E-state index contributed by atoms with van der Waals surface area (Å²) in [5.41, 5.74) is 6.49. The van der Waals surface area contributed by atoms with E-state index in [9.17, 15) is 24.0 Å². The van der Waals surface area contributed by atoms with Gasteiger partial charge in [-0.25, -0.2) is 14.5 Å². The summed E-state index contributed by atoms with van der Waals surface area (Å²) in [7, 11) is -1.15. The van der Waals surface area contributed by atoms with E-state index in [4.69, 9.17) is 28.1 Å². The van der Waals surface area contributed by atoms with Crippen LogP contribution in [-0.2, 0) is 36.5 Å². The van der Waals surface area contributed by atoms with Crippen molar-refractivity contribution >= 4 is 61.0 Å². The lowest BCUT2D eigenvalue weighted by Crippen LogP contribution is -2.58. The predicted octanol–water partition coefficient (Wildman–Crippen LogP) is 12.0. The Kier molecular flexibility index (Phi) is 17.9. The number of ketones is 1. The van der Waals surface area contributed by atoms with Crippen molar-refractivity contribution in [3.05, 3.63) is 131 Å². The van der Waals surface area contributed by atoms with Gasteiger partial charge in [0, 0.05) is 43.6 Å². The van der Waals surface area contributed by atoms with Gasteiger partial charge in [-0.05, 0) is 116 Å². The highest BCUT2D eigenvalue weighted by Crippen LogP contribution is 2.58. The summed E-state index contributed by atoms with van der Waals surface area (Å²) in [5.74, 6) is 0.252. The average Bonchev–Trinajstić information content (AvgIpc) is 1.68. The first-order valence-electron chi connectivity index (χ1n) is 29.5. The zero-order chi connectivity index (χ0) is 60.6. The van der Waals surface area contributed by atoms with Crippen molar-refractivity contribution in [2.24, 2.45) is 17.3 Å². The lowest BCUT2D eigenvalue weighted by Gasteiger charge is -2.44. The molecule has 9 rings (SSSR count). The molecule has 1 unspecified atom stereocenters. The van der Waals surface area contributed by atoms with Crippen molar-refractivity contribution in [1.82, 2.24) is 15.1 Å². The number of rotatable bonds is 20. The van der Waals surface area contributed by atoms with E-state index in [1.54, 1.807) is 41.0 Å². The second-order valence-corrected chi connectivity index (χ2v) is 30.1. The molecule has 1 spiro atoms. The zero-order valence-electron chi connectivity index (χ0n) is 50.9. The number of anilines is 2. The summed E-state index contributed by atoms with van der Waals surface area (Å²) in [6.07, 6.45) is 4.89. The molecule has 18 heteroatoms. The number of amides is 5. The lowest BCUT2D eigenvalue weighted by molar-refractivity contribution is -0.130. The van der Waals surface area contributed by atoms with E-state index in [0.717, 1.165) is 35.1 Å². The number of nitrogens with zero attached hydrogens (tertiary/aromatic N) is 4. The molecule has 4 aromatic rings. The molecule has 1 saturated carbocycles. The Hall–Kier alpha value is -7.44. The molecule has 5 aliphatic rings. The minimum absolute atomic E-state index is 0.0169. The molecule has 0 radical (unpaired) electrons. The maximum absolute atomic E-state index is 15.1. The van der Waals surface area contributed by atoms with E-state index in [1.165, 1.54) is 18.1 Å². The number of carbonyl (C=O) groups is 6. The highest BCUT2D eigenvalue weighted by atomic mass is 28.4. The van der Waals surface area contributed by atoms with Gasteiger partial charge < -0.3 is 43.2 Å². The number of hydrogen-bond donors (Lipinski definition) is 1. The largest absolute Gasteiger partial charge is 0.493 e. The average molecular weight is 1170 g/mol. The minimum atomic E-state index is -2.65. The van der Waals surface area contributed by atoms with E-state index in [0.29, 0.717) is 71.1 Å². The van der Waals surface area contributed by atoms with Crippen molar-refractivity contribution in [3.8, 4) is 17.2 Å². The molecular weight excluding hydrogens is 1080 g/mol. The van der Waals surface area contributed by atoms with Gasteiger partial charge >= 0.3 is 12.2 Å². The predicted molar refractivity (Wildman–Crippen MR) is 325 cm³/mol. The molecule has 1 saturated heterocycles. The van der Waals surface area contributed by atoms with E-state index < -0.39 is 38.8 Å². The van der Waals surface area contributed by atoms with Gasteiger partial charge in [-0.15, -0.1) is 0 Å². The van der Waals surface area contributed by atoms with E-state index >= 15 is 4.79 Å². The monoisotopic (exact) mass is 1170 g/mol. The number of methoxy groups -OCH3 is 1. The number of fused-ring (bicyclic) bond motifs is 4. The number of Topliss-reactive ketones (excluding diaryl/α,β-unsaturated/α-hetero) is 1. The van der Waals surface area contributed by atoms with Gasteiger partial charge in [0.25, 0.3) is 11.8 Å². The Morgan fingerprint density at radius 1 is 0.821 bits per heavy atom. The summed E-state index contributed by atoms with van der Waals surface area (Å²) >= 11 is 0. The van der Waals surface area contributed by atoms with Gasteiger partial charge in [0.15, 0.2) is 31.8 Å². The fourth-order valence-corrected chi connectivity index (χ4v) is 12.3. The van der Waals surface area contributed by atoms with Crippen LogP contribution in [-0.4, -0.2) is 118 Å². The zero-order valence-corrected chi connectivity index (χ0v) is 51.9. The molecule has 4 aliphatic heterocycles. The van der Waals surface area contributed by atoms with Crippen LogP contribution in [0, 0.1) is 31.1 Å². The molecule has 17 nitrogen and oxygen atoms in total. The molecule has 84 heavy (non-hydrogen) atoms. The molecule has 1 aliphatic carbocycles. The van der Waals surface area contributed by atoms with E-state index in [2.05, 4.69) is 45.8 Å². The maximum atomic E-state index is 15.1. The highest BCUT2D eigenvalue weighted by Gasteiger charge is 2.60. The first-order valence-corrected chi connectivity index (χ1v) is 32.4. The van der Waals surface area contributed by atoms with Crippen LogP contribution in [0.4, 0.5) is 21.0 Å². The van der Waals surface area contributed by atoms with Crippen molar-refractivity contribution in [2.45, 2.75) is 150 Å². The van der Waals surface area contributed by atoms with E-state index in [1.807, 2.05) is 94.2 Å². The summed E-state index contributed by atoms with van der Waals surface area (Å²) in [5, 5.41) is 2.61. The molecule has 5 amide bonds. The topological polar surface area (TPSA) is 183 Å². The first-order chi connectivity index (χ1) is 39.8. The van der Waals surface area contributed by atoms with Crippen molar-refractivity contribution < 1.29 is 56.9 Å². The van der Waals surface area contributed by atoms with Crippen LogP contribution < -0.4 is 29.3 Å². The minimum Gasteiger partial charge on any atom is -0.493 e. The molecule has 4 heterocycles. The standard InChI is InChI=1S/C66H83N5O12Si/c1-14-26-81-63(76)69-37-49-31-48(47-22-16-41(4)17-23-47)36-68(49)60(74)51-32-57(78-11)58(33-52(51)69)80-28-15-27-79-56-34-53-50(29-42(56)5)61(75)70-39-66(24-25-66)35-54(70)62(83-84(12,13)65(8,9)10)71(53)64(77)82-38-46-20-18-45(19-21-46)30-55(72)44(7)67-59(73)43(6)40(2)3/h14,16-23,29,32-34,36,40,43-44,49,54,62H,1,15,24-28,30-31,35,37-39H2,2-13H3,(H,67,73)/t43-,44-,49-,54-,62?/m0/s1. The quantitative estimate of drug-likeness (QED) is 0.0503. The molecule has 1 N–H and O–H groups in total. The SMILES string of the molecule is C=CCOC(=O)N1C[C@@H]2CC(c3ccc(C)cc3)=CN2C(=O)c2cc(OC)c(OCCCOc3cc4c(cc3C)C(=O)N3CC5(CC5)C[C@H]3C(O[Si](C)(C)C(C)(C)C)N4C(=O)OCc3ccc(CC(=O)[C@H](C)NC(=O)[C@@H](C)C(C)C)cc3)cc21. The number of benzene rings is 4. The molecule has 0 bridgehead atoms. The smallest absolute Gasteiger partial charge is 0.416 e. The number of ether oxygens (including phenoxy) is 5. The Morgan fingerprint density at radius 3 is 2.12 bits per heavy atom. The fourth-order valence-electron chi connectivity index (χ4n) is 11.1. The number of hydrogen-bond acceptors (Lipinski definition) is 12. The van der Waals surface area contributed by atoms with Crippen LogP contribution in [0.5, 0.6) is 17.2 Å². The van der Waals surface area contributed by atoms with Gasteiger partial charge in [0.1, 0.15) is 19.0 Å². The molecular formula is C66H83N5O12Si. The third-order valence-corrected chi connectivity index (χ3v) is 22.4. The Labute approximate surface area is 495 Å². The maximum Gasteiger partial charge on any atom is 0.416 e. The second-order valence-electron chi connectivity index (χ2n) is 25.4. The number of carbonyl (C=O) groups excluding carboxylic acids is 6. The van der Waals surface area contributed by atoms with Crippen LogP contribution in [0.25, 0.3) is 5.57 Å². The van der Waals surface area contributed by atoms with Gasteiger partial charge in [-0.2, -0.15) is 0 Å². The molecule has 2 fully saturated rings. The summed E-state index contributed by atoms with van der Waals surface area (Å²) < 4.78 is 37.8. The molecule has 4 aromatic carbocycles. The van der Waals surface area contributed by atoms with Crippen molar-refractivity contribution in [3.63, 3.8) is 0 Å². The molecule has 5 atom stereocenters. The first kappa shape index (κ1) is 61.1. The second kappa shape index (κ2) is 24.6. The molecule has 0 aromatic heterocycles. The van der Waals surface area contributed by atoms with Gasteiger partial charge in [-0.3, -0.25) is 24.1 Å². The normalized spacial score (nSPS) is 19.5. The third-order valence-electron chi connectivity index (χ3n) is 17.9. The van der Waals surface area contributed by atoms with E-state index in [-0.39, 0.29) is 96.8 Å². The van der Waals surface area contributed by atoms with Crippen molar-refractivity contribution in [1.29, 1.82) is 0 Å². The van der Waals surface area contributed by atoms with Crippen LogP contribution in [0.2, 0.25) is 18.1 Å². The Balaban J connectivity index is 0.943. The van der Waals surface area contributed by atoms with Gasteiger partial charge in [-0.1, -0.05) is 108 Å².